The van der Waals surface area contributed by atoms with E-state index < -0.39 is 175 Å². The summed E-state index contributed by atoms with van der Waals surface area (Å²) in [5.41, 5.74) is 18.0. The number of rotatable bonds is 38. The number of para-hydroxylation sites is 1. The highest BCUT2D eigenvalue weighted by Crippen LogP contribution is 2.20. The number of fused-ring (bicyclic) bond motifs is 1. The van der Waals surface area contributed by atoms with Crippen LogP contribution in [0.25, 0.3) is 10.9 Å². The Kier molecular flexibility index (Phi) is 31.5. The molecule has 15 atom stereocenters. The van der Waals surface area contributed by atoms with Gasteiger partial charge in [0.25, 0.3) is 0 Å². The molecule has 0 unspecified atom stereocenters. The number of guanidine groups is 1. The molecular weight excluding hydrogens is 1170 g/mol. The van der Waals surface area contributed by atoms with E-state index in [0.29, 0.717) is 16.5 Å². The number of aliphatic imine (C=N–C) groups is 1. The van der Waals surface area contributed by atoms with Crippen LogP contribution in [0.5, 0.6) is 0 Å². The van der Waals surface area contributed by atoms with Gasteiger partial charge in [-0.1, -0.05) is 45.9 Å². The van der Waals surface area contributed by atoms with Crippen LogP contribution in [0, 0.1) is 11.8 Å². The number of carbonyl (C=O) groups is 12. The van der Waals surface area contributed by atoms with Crippen LogP contribution in [0.4, 0.5) is 0 Å². The van der Waals surface area contributed by atoms with Crippen LogP contribution in [0.2, 0.25) is 0 Å². The van der Waals surface area contributed by atoms with Gasteiger partial charge in [0, 0.05) is 30.1 Å². The number of H-pyrrole nitrogens is 1. The third-order valence-corrected chi connectivity index (χ3v) is 13.5. The molecule has 34 nitrogen and oxygen atoms in total. The number of nitrogens with zero attached hydrogens (tertiary/aromatic N) is 1. The summed E-state index contributed by atoms with van der Waals surface area (Å²) in [5, 5.41) is 95.4. The maximum Gasteiger partial charge on any atom is 0.326 e. The third-order valence-electron chi connectivity index (χ3n) is 13.5. The second-order valence-electron chi connectivity index (χ2n) is 22.5. The first kappa shape index (κ1) is 76.5. The Bertz CT molecular complexity index is 2800. The number of benzene rings is 1. The van der Waals surface area contributed by atoms with Crippen LogP contribution in [-0.2, 0) is 64.0 Å². The molecule has 498 valence electrons. The molecule has 34 heteroatoms. The van der Waals surface area contributed by atoms with E-state index in [0.717, 1.165) is 34.6 Å². The summed E-state index contributed by atoms with van der Waals surface area (Å²) < 4.78 is 0. The number of hydrogen-bond donors (Lipinski definition) is 21. The number of aromatic amines is 1. The van der Waals surface area contributed by atoms with Crippen LogP contribution in [0.15, 0.2) is 35.5 Å². The topological polar surface area (TPSA) is 573 Å². The zero-order valence-corrected chi connectivity index (χ0v) is 51.1. The third kappa shape index (κ3) is 26.0. The number of carboxylic acids is 2. The standard InChI is InChI=1S/C55H89N15O19/c1-23(2)17-32(56)45(79)63-36(19-30-21-60-33-14-11-10-13-31(30)33)46(80)65-37(20-39(77)78)47(81)64-35(18-24(3)4)48(82)67-43(28(8)74)52(86)68-40(25(5)71)49(83)61-22-38(76)66-41(26(6)72)51(85)70-44(29(9)75)53(87)69-42(27(7)73)50(84)62-34(54(88)89)15-12-16-59-55(57)58/h10-11,13-14,21,23-29,32,34-37,40-44,60,71-75H,12,15-20,22,56H2,1-9H3,(H,61,83)(H,62,84)(H,63,79)(H,64,81)(H,65,80)(H,66,76)(H,67,82)(H,68,86)(H,69,87)(H,70,85)(H,77,78)(H,88,89)(H4,57,58,59)/t25-,26-,27-,28-,29-,32+,34+,35+,36+,37+,40+,41+,42+,43+,44+/m1/s1. The fourth-order valence-corrected chi connectivity index (χ4v) is 8.79. The lowest BCUT2D eigenvalue weighted by atomic mass is 10.00. The number of nitrogens with two attached hydrogens (primary N) is 3. The van der Waals surface area contributed by atoms with Gasteiger partial charge in [-0.15, -0.1) is 0 Å². The fraction of sp³-hybridized carbons (Fsp3) is 0.618. The summed E-state index contributed by atoms with van der Waals surface area (Å²) >= 11 is 0. The molecule has 0 saturated carbocycles. The van der Waals surface area contributed by atoms with E-state index in [1.807, 2.05) is 13.8 Å². The van der Waals surface area contributed by atoms with Gasteiger partial charge in [0.05, 0.1) is 49.5 Å². The molecule has 0 fully saturated rings. The number of aliphatic hydroxyl groups is 5. The number of carbonyl (C=O) groups excluding carboxylic acids is 10. The van der Waals surface area contributed by atoms with E-state index in [4.69, 9.17) is 17.2 Å². The number of hydrogen-bond acceptors (Lipinski definition) is 19. The molecule has 24 N–H and O–H groups in total. The van der Waals surface area contributed by atoms with Crippen LogP contribution < -0.4 is 70.4 Å². The molecular formula is C55H89N15O19. The van der Waals surface area contributed by atoms with Gasteiger partial charge < -0.3 is 111 Å². The van der Waals surface area contributed by atoms with E-state index in [1.165, 1.54) is 0 Å². The molecule has 0 aliphatic carbocycles. The molecule has 1 heterocycles. The normalized spacial score (nSPS) is 16.4. The summed E-state index contributed by atoms with van der Waals surface area (Å²) in [4.78, 5) is 167. The molecule has 0 bridgehead atoms. The van der Waals surface area contributed by atoms with E-state index in [9.17, 15) is 93.3 Å². The van der Waals surface area contributed by atoms with Crippen molar-refractivity contribution in [2.75, 3.05) is 13.1 Å². The van der Waals surface area contributed by atoms with Crippen LogP contribution >= 0.6 is 0 Å². The first-order valence-electron chi connectivity index (χ1n) is 28.7. The highest BCUT2D eigenvalue weighted by molar-refractivity contribution is 6.00. The molecule has 0 aliphatic rings. The van der Waals surface area contributed by atoms with Gasteiger partial charge in [-0.3, -0.25) is 57.7 Å². The summed E-state index contributed by atoms with van der Waals surface area (Å²) in [5.74, 6) is -15.1. The van der Waals surface area contributed by atoms with Gasteiger partial charge in [-0.25, -0.2) is 4.79 Å². The Morgan fingerprint density at radius 3 is 1.39 bits per heavy atom. The van der Waals surface area contributed by atoms with Gasteiger partial charge in [-0.2, -0.15) is 0 Å². The number of carboxylic acid groups (broad SMARTS) is 2. The summed E-state index contributed by atoms with van der Waals surface area (Å²) in [7, 11) is 0. The SMILES string of the molecule is CC(C)C[C@H](NC(=O)[C@H](CC(=O)O)NC(=O)[C@H](Cc1c[nH]c2ccccc12)NC(=O)[C@@H](N)CC(C)C)C(=O)N[C@H](C(=O)N[C@H](C(=O)NCC(=O)N[C@H](C(=O)N[C@H](C(=O)N[C@H](C(=O)N[C@@H](CCCN=C(N)N)C(=O)O)[C@@H](C)O)[C@@H](C)O)[C@@H](C)O)[C@@H](C)O)[C@@H](C)O. The maximum atomic E-state index is 14.1. The number of nitrogens with one attached hydrogen (secondary N) is 11. The Morgan fingerprint density at radius 1 is 0.506 bits per heavy atom. The van der Waals surface area contributed by atoms with Gasteiger partial charge in [-0.05, 0) is 83.8 Å². The van der Waals surface area contributed by atoms with Gasteiger partial charge in [0.15, 0.2) is 5.96 Å². The quantitative estimate of drug-likeness (QED) is 0.0169. The lowest BCUT2D eigenvalue weighted by Crippen LogP contribution is -2.63. The Balaban J connectivity index is 2.24. The molecule has 2 aromatic rings. The van der Waals surface area contributed by atoms with Crippen molar-refractivity contribution in [3.8, 4) is 0 Å². The monoisotopic (exact) mass is 1260 g/mol. The Labute approximate surface area is 512 Å². The highest BCUT2D eigenvalue weighted by atomic mass is 16.4. The maximum absolute atomic E-state index is 14.1. The molecule has 2 rings (SSSR count). The summed E-state index contributed by atoms with van der Waals surface area (Å²) in [6.45, 7) is 11.2. The van der Waals surface area contributed by atoms with Crippen LogP contribution in [0.1, 0.15) is 100.0 Å². The van der Waals surface area contributed by atoms with Crippen LogP contribution in [0.3, 0.4) is 0 Å². The predicted octanol–water partition coefficient (Wildman–Crippen LogP) is -6.87. The van der Waals surface area contributed by atoms with Crippen molar-refractivity contribution in [3.63, 3.8) is 0 Å². The molecule has 1 aromatic carbocycles. The number of amides is 10. The number of aliphatic hydroxyl groups excluding tert-OH is 5. The zero-order valence-electron chi connectivity index (χ0n) is 51.1. The molecule has 0 aliphatic heterocycles. The molecule has 10 amide bonds. The molecule has 1 aromatic heterocycles. The minimum absolute atomic E-state index is 0.00255. The van der Waals surface area contributed by atoms with Gasteiger partial charge in [0.2, 0.25) is 59.1 Å². The number of aliphatic carboxylic acids is 2. The smallest absolute Gasteiger partial charge is 0.326 e. The molecule has 89 heavy (non-hydrogen) atoms. The van der Waals surface area contributed by atoms with E-state index >= 15 is 0 Å². The van der Waals surface area contributed by atoms with Crippen molar-refractivity contribution in [3.05, 3.63) is 36.0 Å². The fourth-order valence-electron chi connectivity index (χ4n) is 8.79. The van der Waals surface area contributed by atoms with E-state index in [1.54, 1.807) is 44.3 Å². The van der Waals surface area contributed by atoms with Crippen molar-refractivity contribution >= 4 is 87.9 Å². The van der Waals surface area contributed by atoms with Gasteiger partial charge >= 0.3 is 11.9 Å². The Hall–Kier alpha value is -8.57. The summed E-state index contributed by atoms with van der Waals surface area (Å²) in [6.07, 6.45) is -8.22. The molecule has 0 saturated heterocycles. The minimum Gasteiger partial charge on any atom is -0.481 e. The predicted molar refractivity (Wildman–Crippen MR) is 317 cm³/mol. The van der Waals surface area contributed by atoms with Crippen molar-refractivity contribution in [2.24, 2.45) is 34.0 Å². The highest BCUT2D eigenvalue weighted by Gasteiger charge is 2.39. The lowest BCUT2D eigenvalue weighted by Gasteiger charge is -2.29. The van der Waals surface area contributed by atoms with Crippen molar-refractivity contribution in [2.45, 2.75) is 192 Å². The summed E-state index contributed by atoms with van der Waals surface area (Å²) in [6, 6.07) is -9.93. The second kappa shape index (κ2) is 36.7. The van der Waals surface area contributed by atoms with Crippen molar-refractivity contribution in [1.29, 1.82) is 0 Å². The van der Waals surface area contributed by atoms with Crippen LogP contribution in [-0.4, -0.2) is 222 Å². The molecule has 0 radical (unpaired) electrons. The minimum atomic E-state index is -1.95. The van der Waals surface area contributed by atoms with Crippen molar-refractivity contribution in [1.82, 2.24) is 58.2 Å². The second-order valence-corrected chi connectivity index (χ2v) is 22.5. The molecule has 0 spiro atoms. The zero-order chi connectivity index (χ0) is 67.7. The van der Waals surface area contributed by atoms with Crippen molar-refractivity contribution < 1.29 is 93.3 Å². The average Bonchev–Trinajstić information content (AvgIpc) is 2.65. The first-order valence-corrected chi connectivity index (χ1v) is 28.7. The van der Waals surface area contributed by atoms with E-state index in [2.05, 4.69) is 63.1 Å². The largest absolute Gasteiger partial charge is 0.481 e. The Morgan fingerprint density at radius 2 is 0.921 bits per heavy atom. The van der Waals surface area contributed by atoms with E-state index in [-0.39, 0.29) is 56.4 Å². The number of aromatic nitrogens is 1. The first-order chi connectivity index (χ1) is 41.4. The lowest BCUT2D eigenvalue weighted by molar-refractivity contribution is -0.143. The van der Waals surface area contributed by atoms with Gasteiger partial charge in [0.1, 0.15) is 54.4 Å². The average molecular weight is 1260 g/mol.